The molecule has 0 aliphatic carbocycles. The van der Waals surface area contributed by atoms with Crippen LogP contribution < -0.4 is 0 Å². The molecule has 0 unspecified atom stereocenters. The van der Waals surface area contributed by atoms with E-state index in [1.165, 1.54) is 5.56 Å². The van der Waals surface area contributed by atoms with Gasteiger partial charge in [0, 0.05) is 38.8 Å². The molecule has 0 spiro atoms. The molecule has 0 radical (unpaired) electrons. The third kappa shape index (κ3) is 2.69. The molecule has 2 aliphatic rings. The first-order valence-corrected chi connectivity index (χ1v) is 7.19. The minimum absolute atomic E-state index is 0.224. The zero-order valence-corrected chi connectivity index (χ0v) is 11.7. The Morgan fingerprint density at radius 3 is 3.00 bits per heavy atom. The van der Waals surface area contributed by atoms with Crippen molar-refractivity contribution in [2.45, 2.75) is 25.5 Å². The zero-order chi connectivity index (χ0) is 13.1. The molecule has 0 aromatic heterocycles. The Kier molecular flexibility index (Phi) is 3.87. The van der Waals surface area contributed by atoms with Gasteiger partial charge in [-0.05, 0) is 18.4 Å². The quantitative estimate of drug-likeness (QED) is 0.830. The van der Waals surface area contributed by atoms with Gasteiger partial charge in [0.2, 0.25) is 0 Å². The van der Waals surface area contributed by atoms with Crippen molar-refractivity contribution >= 4 is 0 Å². The van der Waals surface area contributed by atoms with Crippen LogP contribution in [0.25, 0.3) is 0 Å². The number of nitrogens with zero attached hydrogens (tertiary/aromatic N) is 1. The maximum Gasteiger partial charge on any atom is 0.0678 e. The summed E-state index contributed by atoms with van der Waals surface area (Å²) in [5, 5.41) is 0. The van der Waals surface area contributed by atoms with Gasteiger partial charge in [-0.25, -0.2) is 0 Å². The first-order chi connectivity index (χ1) is 9.32. The van der Waals surface area contributed by atoms with Crippen LogP contribution in [0.2, 0.25) is 0 Å². The number of piperidine rings is 1. The van der Waals surface area contributed by atoms with Crippen molar-refractivity contribution in [2.75, 3.05) is 33.4 Å². The van der Waals surface area contributed by atoms with Crippen LogP contribution in [0.3, 0.4) is 0 Å². The summed E-state index contributed by atoms with van der Waals surface area (Å²) in [6.07, 6.45) is 2.67. The summed E-state index contributed by atoms with van der Waals surface area (Å²) in [5.74, 6) is 0. The molecule has 3 nitrogen and oxygen atoms in total. The maximum absolute atomic E-state index is 5.90. The standard InChI is InChI=1S/C16H23NO2/c1-18-13-16-8-10-19-15(16)7-9-17(12-16)11-14-5-3-2-4-6-14/h2-6,15H,7-13H2,1H3/t15-,16+/m0/s1. The zero-order valence-electron chi connectivity index (χ0n) is 11.7. The fourth-order valence-electron chi connectivity index (χ4n) is 3.61. The summed E-state index contributed by atoms with van der Waals surface area (Å²) in [6.45, 7) is 4.99. The molecule has 0 bridgehead atoms. The van der Waals surface area contributed by atoms with E-state index in [1.54, 1.807) is 7.11 Å². The second-order valence-corrected chi connectivity index (χ2v) is 5.89. The van der Waals surface area contributed by atoms with E-state index in [0.29, 0.717) is 6.10 Å². The number of hydrogen-bond donors (Lipinski definition) is 0. The molecule has 3 rings (SSSR count). The smallest absolute Gasteiger partial charge is 0.0678 e. The van der Waals surface area contributed by atoms with E-state index in [1.807, 2.05) is 0 Å². The molecule has 2 saturated heterocycles. The largest absolute Gasteiger partial charge is 0.384 e. The van der Waals surface area contributed by atoms with Crippen LogP contribution in [-0.4, -0.2) is 44.4 Å². The topological polar surface area (TPSA) is 21.7 Å². The first-order valence-electron chi connectivity index (χ1n) is 7.19. The average Bonchev–Trinajstić information content (AvgIpc) is 2.83. The molecule has 104 valence electrons. The normalized spacial score (nSPS) is 31.3. The molecule has 0 N–H and O–H groups in total. The Morgan fingerprint density at radius 2 is 2.21 bits per heavy atom. The average molecular weight is 261 g/mol. The van der Waals surface area contributed by atoms with Gasteiger partial charge in [0.1, 0.15) is 0 Å². The minimum atomic E-state index is 0.224. The first kappa shape index (κ1) is 13.1. The van der Waals surface area contributed by atoms with Crippen LogP contribution in [0.1, 0.15) is 18.4 Å². The number of rotatable bonds is 4. The van der Waals surface area contributed by atoms with Crippen molar-refractivity contribution < 1.29 is 9.47 Å². The summed E-state index contributed by atoms with van der Waals surface area (Å²) in [6, 6.07) is 10.7. The van der Waals surface area contributed by atoms with Crippen LogP contribution >= 0.6 is 0 Å². The molecule has 2 aliphatic heterocycles. The predicted molar refractivity (Wildman–Crippen MR) is 75.0 cm³/mol. The highest BCUT2D eigenvalue weighted by molar-refractivity contribution is 5.15. The van der Waals surface area contributed by atoms with Gasteiger partial charge in [-0.15, -0.1) is 0 Å². The Bertz CT molecular complexity index is 408. The number of fused-ring (bicyclic) bond motifs is 1. The van der Waals surface area contributed by atoms with Crippen LogP contribution in [0.15, 0.2) is 30.3 Å². The number of hydrogen-bond acceptors (Lipinski definition) is 3. The summed E-state index contributed by atoms with van der Waals surface area (Å²) >= 11 is 0. The molecule has 3 heteroatoms. The van der Waals surface area contributed by atoms with Gasteiger partial charge in [-0.2, -0.15) is 0 Å². The molecule has 2 heterocycles. The van der Waals surface area contributed by atoms with Gasteiger partial charge >= 0.3 is 0 Å². The molecule has 1 aromatic carbocycles. The molecule has 0 saturated carbocycles. The number of ether oxygens (including phenoxy) is 2. The van der Waals surface area contributed by atoms with Crippen molar-refractivity contribution in [1.82, 2.24) is 4.90 Å². The van der Waals surface area contributed by atoms with Crippen LogP contribution in [0.4, 0.5) is 0 Å². The van der Waals surface area contributed by atoms with E-state index >= 15 is 0 Å². The number of methoxy groups -OCH3 is 1. The van der Waals surface area contributed by atoms with Gasteiger partial charge in [0.25, 0.3) is 0 Å². The molecule has 1 aromatic rings. The molecular weight excluding hydrogens is 238 g/mol. The van der Waals surface area contributed by atoms with Crippen LogP contribution in [0.5, 0.6) is 0 Å². The Morgan fingerprint density at radius 1 is 1.37 bits per heavy atom. The van der Waals surface area contributed by atoms with Gasteiger partial charge in [0.15, 0.2) is 0 Å². The van der Waals surface area contributed by atoms with Crippen molar-refractivity contribution in [3.05, 3.63) is 35.9 Å². The lowest BCUT2D eigenvalue weighted by Gasteiger charge is -2.43. The van der Waals surface area contributed by atoms with Crippen LogP contribution in [0, 0.1) is 5.41 Å². The highest BCUT2D eigenvalue weighted by Crippen LogP contribution is 2.41. The van der Waals surface area contributed by atoms with Crippen LogP contribution in [-0.2, 0) is 16.0 Å². The van der Waals surface area contributed by atoms with Gasteiger partial charge < -0.3 is 9.47 Å². The van der Waals surface area contributed by atoms with E-state index in [4.69, 9.17) is 9.47 Å². The van der Waals surface area contributed by atoms with E-state index < -0.39 is 0 Å². The Hall–Kier alpha value is -0.900. The highest BCUT2D eigenvalue weighted by Gasteiger charge is 2.47. The summed E-state index contributed by atoms with van der Waals surface area (Å²) < 4.78 is 11.4. The van der Waals surface area contributed by atoms with Gasteiger partial charge in [-0.3, -0.25) is 4.90 Å². The minimum Gasteiger partial charge on any atom is -0.384 e. The van der Waals surface area contributed by atoms with Gasteiger partial charge in [-0.1, -0.05) is 30.3 Å². The summed E-state index contributed by atoms with van der Waals surface area (Å²) in [5.41, 5.74) is 1.62. The second kappa shape index (κ2) is 5.61. The molecule has 2 atom stereocenters. The van der Waals surface area contributed by atoms with E-state index in [9.17, 15) is 0 Å². The third-order valence-corrected chi connectivity index (χ3v) is 4.53. The van der Waals surface area contributed by atoms with Crippen molar-refractivity contribution in [2.24, 2.45) is 5.41 Å². The fourth-order valence-corrected chi connectivity index (χ4v) is 3.61. The molecule has 0 amide bonds. The third-order valence-electron chi connectivity index (χ3n) is 4.53. The van der Waals surface area contributed by atoms with E-state index in [-0.39, 0.29) is 5.41 Å². The summed E-state index contributed by atoms with van der Waals surface area (Å²) in [7, 11) is 1.81. The Labute approximate surface area is 115 Å². The van der Waals surface area contributed by atoms with Gasteiger partial charge in [0.05, 0.1) is 12.7 Å². The van der Waals surface area contributed by atoms with Crippen molar-refractivity contribution in [3.8, 4) is 0 Å². The second-order valence-electron chi connectivity index (χ2n) is 5.89. The lowest BCUT2D eigenvalue weighted by atomic mass is 9.77. The number of likely N-dealkylation sites (tertiary alicyclic amines) is 1. The highest BCUT2D eigenvalue weighted by atomic mass is 16.5. The molecule has 19 heavy (non-hydrogen) atoms. The fraction of sp³-hybridized carbons (Fsp3) is 0.625. The number of benzene rings is 1. The lowest BCUT2D eigenvalue weighted by molar-refractivity contribution is -0.0557. The SMILES string of the molecule is COC[C@]12CCO[C@H]1CCN(Cc1ccccc1)C2. The van der Waals surface area contributed by atoms with E-state index in [0.717, 1.165) is 45.7 Å². The van der Waals surface area contributed by atoms with E-state index in [2.05, 4.69) is 35.2 Å². The van der Waals surface area contributed by atoms with Crippen molar-refractivity contribution in [3.63, 3.8) is 0 Å². The Balaban J connectivity index is 1.68. The summed E-state index contributed by atoms with van der Waals surface area (Å²) in [4.78, 5) is 2.56. The molecular formula is C16H23NO2. The van der Waals surface area contributed by atoms with Crippen molar-refractivity contribution in [1.29, 1.82) is 0 Å². The maximum atomic E-state index is 5.90. The molecule has 2 fully saturated rings. The predicted octanol–water partition coefficient (Wildman–Crippen LogP) is 2.31. The monoisotopic (exact) mass is 261 g/mol. The lowest BCUT2D eigenvalue weighted by Crippen LogP contribution is -2.51.